The number of aliphatic hydroxyl groups excluding tert-OH is 1. The average molecular weight is 192 g/mol. The molecule has 0 bridgehead atoms. The lowest BCUT2D eigenvalue weighted by Crippen LogP contribution is -2.43. The Labute approximate surface area is 81.9 Å². The molecule has 1 atom stereocenters. The van der Waals surface area contributed by atoms with E-state index in [-0.39, 0.29) is 12.6 Å². The summed E-state index contributed by atoms with van der Waals surface area (Å²) in [7, 11) is 0. The molecule has 3 N–H and O–H groups in total. The lowest BCUT2D eigenvalue weighted by Gasteiger charge is -2.25. The van der Waals surface area contributed by atoms with Gasteiger partial charge in [0.05, 0.1) is 6.61 Å². The smallest absolute Gasteiger partial charge is 0.315 e. The van der Waals surface area contributed by atoms with Crippen LogP contribution in [0.15, 0.2) is 30.3 Å². The van der Waals surface area contributed by atoms with Crippen LogP contribution < -0.4 is 10.6 Å². The third kappa shape index (κ3) is 1.33. The van der Waals surface area contributed by atoms with Gasteiger partial charge in [-0.3, -0.25) is 0 Å². The average Bonchev–Trinajstić information content (AvgIpc) is 2.63. The zero-order valence-electron chi connectivity index (χ0n) is 7.66. The largest absolute Gasteiger partial charge is 0.393 e. The molecule has 4 nitrogen and oxygen atoms in total. The summed E-state index contributed by atoms with van der Waals surface area (Å²) in [6.07, 6.45) is 0. The number of aliphatic hydroxyl groups is 1. The van der Waals surface area contributed by atoms with Crippen molar-refractivity contribution in [1.82, 2.24) is 10.6 Å². The Morgan fingerprint density at radius 1 is 1.36 bits per heavy atom. The normalized spacial score (nSPS) is 25.6. The molecular weight excluding hydrogens is 180 g/mol. The Balaban J connectivity index is 2.34. The molecule has 0 aliphatic carbocycles. The number of nitrogens with one attached hydrogen (secondary N) is 2. The topological polar surface area (TPSA) is 61.4 Å². The highest BCUT2D eigenvalue weighted by atomic mass is 16.3. The third-order valence-electron chi connectivity index (χ3n) is 2.50. The van der Waals surface area contributed by atoms with Crippen LogP contribution in [0.25, 0.3) is 0 Å². The molecule has 0 aromatic heterocycles. The molecule has 1 aromatic carbocycles. The fourth-order valence-electron chi connectivity index (χ4n) is 1.66. The fraction of sp³-hybridized carbons (Fsp3) is 0.300. The van der Waals surface area contributed by atoms with Gasteiger partial charge in [0.25, 0.3) is 0 Å². The van der Waals surface area contributed by atoms with Crippen molar-refractivity contribution in [2.45, 2.75) is 5.54 Å². The van der Waals surface area contributed by atoms with Gasteiger partial charge >= 0.3 is 6.03 Å². The Kier molecular flexibility index (Phi) is 2.13. The second kappa shape index (κ2) is 3.31. The molecule has 0 spiro atoms. The van der Waals surface area contributed by atoms with Crippen LogP contribution in [0.3, 0.4) is 0 Å². The molecule has 74 valence electrons. The maximum absolute atomic E-state index is 11.1. The molecular formula is C10H12N2O2. The monoisotopic (exact) mass is 192 g/mol. The SMILES string of the molecule is O=C1NC[C@@](CO)(c2ccccc2)N1. The summed E-state index contributed by atoms with van der Waals surface area (Å²) < 4.78 is 0. The van der Waals surface area contributed by atoms with Crippen molar-refractivity contribution in [2.75, 3.05) is 13.2 Å². The number of benzene rings is 1. The minimum absolute atomic E-state index is 0.101. The van der Waals surface area contributed by atoms with Gasteiger partial charge in [-0.1, -0.05) is 30.3 Å². The maximum atomic E-state index is 11.1. The van der Waals surface area contributed by atoms with E-state index in [2.05, 4.69) is 10.6 Å². The van der Waals surface area contributed by atoms with Crippen LogP contribution in [0, 0.1) is 0 Å². The summed E-state index contributed by atoms with van der Waals surface area (Å²) in [5.74, 6) is 0. The van der Waals surface area contributed by atoms with Crippen molar-refractivity contribution >= 4 is 6.03 Å². The van der Waals surface area contributed by atoms with E-state index in [9.17, 15) is 9.90 Å². The molecule has 2 rings (SSSR count). The van der Waals surface area contributed by atoms with Crippen molar-refractivity contribution in [2.24, 2.45) is 0 Å². The summed E-state index contributed by atoms with van der Waals surface area (Å²) in [4.78, 5) is 11.1. The molecule has 1 fully saturated rings. The summed E-state index contributed by atoms with van der Waals surface area (Å²) >= 11 is 0. The molecule has 14 heavy (non-hydrogen) atoms. The first-order valence-electron chi connectivity index (χ1n) is 4.49. The van der Waals surface area contributed by atoms with Gasteiger partial charge in [-0.2, -0.15) is 0 Å². The number of hydrogen-bond acceptors (Lipinski definition) is 2. The highest BCUT2D eigenvalue weighted by Gasteiger charge is 2.38. The zero-order valence-corrected chi connectivity index (χ0v) is 7.66. The summed E-state index contributed by atoms with van der Waals surface area (Å²) in [5.41, 5.74) is 0.263. The number of hydrogen-bond donors (Lipinski definition) is 3. The number of carbonyl (C=O) groups is 1. The molecule has 1 aromatic rings. The van der Waals surface area contributed by atoms with E-state index in [0.717, 1.165) is 5.56 Å². The Bertz CT molecular complexity index is 339. The Morgan fingerprint density at radius 3 is 2.57 bits per heavy atom. The number of carbonyl (C=O) groups excluding carboxylic acids is 1. The van der Waals surface area contributed by atoms with E-state index in [1.807, 2.05) is 30.3 Å². The first-order chi connectivity index (χ1) is 6.77. The van der Waals surface area contributed by atoms with Crippen LogP contribution in [-0.4, -0.2) is 24.3 Å². The second-order valence-corrected chi connectivity index (χ2v) is 3.41. The van der Waals surface area contributed by atoms with Gasteiger partial charge in [-0.25, -0.2) is 4.79 Å². The van der Waals surface area contributed by atoms with Crippen molar-refractivity contribution < 1.29 is 9.90 Å². The maximum Gasteiger partial charge on any atom is 0.315 e. The highest BCUT2D eigenvalue weighted by Crippen LogP contribution is 2.22. The summed E-state index contributed by atoms with van der Waals surface area (Å²) in [5, 5.41) is 14.7. The molecule has 1 aliphatic heterocycles. The van der Waals surface area contributed by atoms with Gasteiger partial charge in [-0.15, -0.1) is 0 Å². The summed E-state index contributed by atoms with van der Waals surface area (Å²) in [6.45, 7) is 0.322. The van der Waals surface area contributed by atoms with Gasteiger partial charge in [0.1, 0.15) is 5.54 Å². The molecule has 2 amide bonds. The van der Waals surface area contributed by atoms with E-state index in [4.69, 9.17) is 0 Å². The predicted molar refractivity (Wildman–Crippen MR) is 51.7 cm³/mol. The first-order valence-corrected chi connectivity index (χ1v) is 4.49. The van der Waals surface area contributed by atoms with Gasteiger partial charge in [-0.05, 0) is 5.56 Å². The van der Waals surface area contributed by atoms with E-state index < -0.39 is 5.54 Å². The highest BCUT2D eigenvalue weighted by molar-refractivity contribution is 5.78. The van der Waals surface area contributed by atoms with E-state index in [0.29, 0.717) is 6.54 Å². The van der Waals surface area contributed by atoms with Crippen LogP contribution in [0.4, 0.5) is 4.79 Å². The summed E-state index contributed by atoms with van der Waals surface area (Å²) in [6, 6.07) is 9.23. The quantitative estimate of drug-likeness (QED) is 0.626. The molecule has 0 saturated carbocycles. The van der Waals surface area contributed by atoms with Gasteiger partial charge < -0.3 is 15.7 Å². The zero-order chi connectivity index (χ0) is 10.0. The lowest BCUT2D eigenvalue weighted by atomic mass is 9.92. The van der Waals surface area contributed by atoms with E-state index in [1.54, 1.807) is 0 Å². The molecule has 1 saturated heterocycles. The van der Waals surface area contributed by atoms with Crippen LogP contribution in [-0.2, 0) is 5.54 Å². The van der Waals surface area contributed by atoms with Gasteiger partial charge in [0.15, 0.2) is 0 Å². The van der Waals surface area contributed by atoms with Crippen LogP contribution in [0.5, 0.6) is 0 Å². The fourth-order valence-corrected chi connectivity index (χ4v) is 1.66. The van der Waals surface area contributed by atoms with Crippen molar-refractivity contribution in [3.8, 4) is 0 Å². The minimum atomic E-state index is -0.654. The first kappa shape index (κ1) is 9.02. The van der Waals surface area contributed by atoms with Crippen molar-refractivity contribution in [3.63, 3.8) is 0 Å². The number of rotatable bonds is 2. The minimum Gasteiger partial charge on any atom is -0.393 e. The van der Waals surface area contributed by atoms with E-state index in [1.165, 1.54) is 0 Å². The van der Waals surface area contributed by atoms with Crippen molar-refractivity contribution in [3.05, 3.63) is 35.9 Å². The number of urea groups is 1. The number of amides is 2. The molecule has 0 radical (unpaired) electrons. The second-order valence-electron chi connectivity index (χ2n) is 3.41. The third-order valence-corrected chi connectivity index (χ3v) is 2.50. The van der Waals surface area contributed by atoms with Crippen molar-refractivity contribution in [1.29, 1.82) is 0 Å². The van der Waals surface area contributed by atoms with Crippen LogP contribution >= 0.6 is 0 Å². The standard InChI is InChI=1S/C10H12N2O2/c13-7-10(6-11-9(14)12-10)8-4-2-1-3-5-8/h1-5,13H,6-7H2,(H2,11,12,14)/t10-/m1/s1. The van der Waals surface area contributed by atoms with E-state index >= 15 is 0 Å². The Morgan fingerprint density at radius 2 is 2.07 bits per heavy atom. The van der Waals surface area contributed by atoms with Crippen LogP contribution in [0.1, 0.15) is 5.56 Å². The molecule has 0 unspecified atom stereocenters. The Hall–Kier alpha value is -1.55. The molecule has 1 aliphatic rings. The lowest BCUT2D eigenvalue weighted by molar-refractivity contribution is 0.186. The van der Waals surface area contributed by atoms with Gasteiger partial charge in [0.2, 0.25) is 0 Å². The molecule has 1 heterocycles. The van der Waals surface area contributed by atoms with Gasteiger partial charge in [0, 0.05) is 6.54 Å². The van der Waals surface area contributed by atoms with Crippen LogP contribution in [0.2, 0.25) is 0 Å². The molecule has 4 heteroatoms. The predicted octanol–water partition coefficient (Wildman–Crippen LogP) is 0.187.